The summed E-state index contributed by atoms with van der Waals surface area (Å²) in [6, 6.07) is 6.56. The van der Waals surface area contributed by atoms with Gasteiger partial charge in [0.15, 0.2) is 0 Å². The van der Waals surface area contributed by atoms with Gasteiger partial charge < -0.3 is 20.5 Å². The average Bonchev–Trinajstić information content (AvgIpc) is 2.34. The predicted molar refractivity (Wildman–Crippen MR) is 98.2 cm³/mol. The molecule has 0 saturated carbocycles. The summed E-state index contributed by atoms with van der Waals surface area (Å²) in [7, 11) is -5.03. The molecule has 1 aromatic carbocycles. The van der Waals surface area contributed by atoms with E-state index in [4.69, 9.17) is 10.4 Å². The molecule has 5 N–H and O–H groups in total. The lowest BCUT2D eigenvalue weighted by atomic mass is 9.83. The van der Waals surface area contributed by atoms with Crippen LogP contribution in [0.3, 0.4) is 0 Å². The second-order valence-corrected chi connectivity index (χ2v) is 8.30. The van der Waals surface area contributed by atoms with Crippen molar-refractivity contribution in [2.24, 2.45) is 0 Å². The average molecular weight is 381 g/mol. The van der Waals surface area contributed by atoms with Crippen molar-refractivity contribution in [3.63, 3.8) is 0 Å². The van der Waals surface area contributed by atoms with E-state index in [0.717, 1.165) is 0 Å². The smallest absolute Gasteiger partial charge is 0.426 e. The second kappa shape index (κ2) is 8.51. The van der Waals surface area contributed by atoms with Crippen LogP contribution in [0.4, 0.5) is 5.69 Å². The number of benzene rings is 1. The van der Waals surface area contributed by atoms with Crippen LogP contribution in [0.5, 0.6) is 0 Å². The Morgan fingerprint density at radius 3 is 2.38 bits per heavy atom. The standard InChI is InChI=1S/C14H25BN2O5S.ClH/c1-13(2,18)14(3,4)22-15(19)10-17-23(20,21)9-11-6-5-7-12(16)8-11;/h5-8,17-19H,9-10,16H2,1-4H3;1H. The van der Waals surface area contributed by atoms with Gasteiger partial charge in [0.05, 0.1) is 17.0 Å². The molecule has 0 aliphatic carbocycles. The Hall–Kier alpha value is -0.835. The van der Waals surface area contributed by atoms with Crippen LogP contribution in [0.25, 0.3) is 0 Å². The molecule has 10 heteroatoms. The van der Waals surface area contributed by atoms with Gasteiger partial charge in [-0.25, -0.2) is 13.1 Å². The van der Waals surface area contributed by atoms with E-state index in [0.29, 0.717) is 11.3 Å². The van der Waals surface area contributed by atoms with Crippen molar-refractivity contribution in [1.82, 2.24) is 4.72 Å². The SMILES string of the molecule is CC(C)(O)C(C)(C)OB(O)CNS(=O)(=O)Cc1cccc(N)c1.Cl. The molecule has 0 amide bonds. The first-order chi connectivity index (χ1) is 10.3. The molecule has 0 saturated heterocycles. The topological polar surface area (TPSA) is 122 Å². The number of anilines is 1. The number of hydrogen-bond acceptors (Lipinski definition) is 6. The highest BCUT2D eigenvalue weighted by molar-refractivity contribution is 7.88. The summed E-state index contributed by atoms with van der Waals surface area (Å²) in [5.74, 6) is -0.250. The first-order valence-electron chi connectivity index (χ1n) is 7.22. The van der Waals surface area contributed by atoms with Crippen molar-refractivity contribution in [3.05, 3.63) is 29.8 Å². The van der Waals surface area contributed by atoms with E-state index in [1.54, 1.807) is 52.0 Å². The lowest BCUT2D eigenvalue weighted by Gasteiger charge is -2.38. The van der Waals surface area contributed by atoms with Gasteiger partial charge >= 0.3 is 7.12 Å². The van der Waals surface area contributed by atoms with Crippen molar-refractivity contribution in [2.45, 2.75) is 44.6 Å². The van der Waals surface area contributed by atoms with Crippen molar-refractivity contribution >= 4 is 35.2 Å². The van der Waals surface area contributed by atoms with Crippen LogP contribution in [-0.4, -0.2) is 43.3 Å². The molecule has 0 aliphatic heterocycles. The van der Waals surface area contributed by atoms with E-state index in [1.807, 2.05) is 0 Å². The van der Waals surface area contributed by atoms with Gasteiger partial charge in [-0.3, -0.25) is 0 Å². The van der Waals surface area contributed by atoms with Crippen LogP contribution in [0.15, 0.2) is 24.3 Å². The van der Waals surface area contributed by atoms with E-state index in [-0.39, 0.29) is 24.6 Å². The Labute approximate surface area is 150 Å². The largest absolute Gasteiger partial charge is 0.470 e. The third kappa shape index (κ3) is 7.37. The maximum atomic E-state index is 12.0. The lowest BCUT2D eigenvalue weighted by Crippen LogP contribution is -2.52. The molecule has 0 spiro atoms. The fourth-order valence-electron chi connectivity index (χ4n) is 1.68. The molecule has 0 unspecified atom stereocenters. The molecule has 0 atom stereocenters. The minimum absolute atomic E-state index is 0. The molecule has 0 bridgehead atoms. The molecular weight excluding hydrogens is 354 g/mol. The number of aliphatic hydroxyl groups is 1. The van der Waals surface area contributed by atoms with E-state index in [9.17, 15) is 18.5 Å². The Balaban J connectivity index is 0.00000529. The molecular formula is C14H26BClN2O5S. The minimum Gasteiger partial charge on any atom is -0.426 e. The summed E-state index contributed by atoms with van der Waals surface area (Å²) in [6.07, 6.45) is -0.315. The number of nitrogens with two attached hydrogens (primary N) is 1. The zero-order valence-electron chi connectivity index (χ0n) is 14.3. The lowest BCUT2D eigenvalue weighted by molar-refractivity contribution is -0.0999. The van der Waals surface area contributed by atoms with Crippen LogP contribution in [0.2, 0.25) is 0 Å². The molecule has 1 aromatic rings. The third-order valence-electron chi connectivity index (χ3n) is 3.69. The first-order valence-corrected chi connectivity index (χ1v) is 8.88. The summed E-state index contributed by atoms with van der Waals surface area (Å²) in [5.41, 5.74) is 4.39. The normalized spacial score (nSPS) is 12.6. The van der Waals surface area contributed by atoms with Gasteiger partial charge in [-0.1, -0.05) is 12.1 Å². The number of hydrogen-bond donors (Lipinski definition) is 4. The summed E-state index contributed by atoms with van der Waals surface area (Å²) in [4.78, 5) is 0. The molecule has 0 aromatic heterocycles. The molecule has 138 valence electrons. The van der Waals surface area contributed by atoms with Crippen LogP contribution in [0.1, 0.15) is 33.3 Å². The van der Waals surface area contributed by atoms with E-state index in [2.05, 4.69) is 4.72 Å². The van der Waals surface area contributed by atoms with Crippen molar-refractivity contribution in [1.29, 1.82) is 0 Å². The van der Waals surface area contributed by atoms with Crippen molar-refractivity contribution in [2.75, 3.05) is 12.2 Å². The fraction of sp³-hybridized carbons (Fsp3) is 0.571. The molecule has 7 nitrogen and oxygen atoms in total. The fourth-order valence-corrected chi connectivity index (χ4v) is 2.79. The summed E-state index contributed by atoms with van der Waals surface area (Å²) >= 11 is 0. The van der Waals surface area contributed by atoms with Gasteiger partial charge in [-0.05, 0) is 45.4 Å². The van der Waals surface area contributed by atoms with E-state index in [1.165, 1.54) is 0 Å². The van der Waals surface area contributed by atoms with Gasteiger partial charge in [0.1, 0.15) is 0 Å². The molecule has 24 heavy (non-hydrogen) atoms. The number of halogens is 1. The van der Waals surface area contributed by atoms with Gasteiger partial charge in [-0.2, -0.15) is 0 Å². The molecule has 1 rings (SSSR count). The highest BCUT2D eigenvalue weighted by Gasteiger charge is 2.39. The molecule has 0 fully saturated rings. The number of rotatable bonds is 8. The van der Waals surface area contributed by atoms with Crippen molar-refractivity contribution in [3.8, 4) is 0 Å². The Morgan fingerprint density at radius 1 is 1.29 bits per heavy atom. The Morgan fingerprint density at radius 2 is 1.88 bits per heavy atom. The van der Waals surface area contributed by atoms with Crippen molar-refractivity contribution < 1.29 is 23.2 Å². The number of nitrogens with one attached hydrogen (secondary N) is 1. The highest BCUT2D eigenvalue weighted by atomic mass is 35.5. The maximum Gasteiger partial charge on any atom is 0.470 e. The number of sulfonamides is 1. The van der Waals surface area contributed by atoms with Crippen LogP contribution >= 0.6 is 12.4 Å². The third-order valence-corrected chi connectivity index (χ3v) is 5.01. The Kier molecular flexibility index (Phi) is 8.21. The molecule has 0 heterocycles. The van der Waals surface area contributed by atoms with Gasteiger partial charge in [0.25, 0.3) is 0 Å². The Bertz CT molecular complexity index is 634. The van der Waals surface area contributed by atoms with E-state index >= 15 is 0 Å². The quantitative estimate of drug-likeness (QED) is 0.389. The maximum absolute atomic E-state index is 12.0. The van der Waals surface area contributed by atoms with Gasteiger partial charge in [-0.15, -0.1) is 12.4 Å². The van der Waals surface area contributed by atoms with Crippen LogP contribution in [-0.2, 0) is 20.4 Å². The number of nitrogen functional groups attached to an aromatic ring is 1. The monoisotopic (exact) mass is 380 g/mol. The second-order valence-electron chi connectivity index (χ2n) is 6.49. The van der Waals surface area contributed by atoms with Crippen LogP contribution in [0, 0.1) is 0 Å². The molecule has 0 radical (unpaired) electrons. The summed E-state index contributed by atoms with van der Waals surface area (Å²) in [6.45, 7) is 6.31. The minimum atomic E-state index is -3.65. The summed E-state index contributed by atoms with van der Waals surface area (Å²) in [5, 5.41) is 19.8. The zero-order chi connectivity index (χ0) is 17.9. The molecule has 0 aliphatic rings. The van der Waals surface area contributed by atoms with Gasteiger partial charge in [0, 0.05) is 12.1 Å². The summed E-state index contributed by atoms with van der Waals surface area (Å²) < 4.78 is 31.6. The first kappa shape index (κ1) is 23.2. The van der Waals surface area contributed by atoms with E-state index < -0.39 is 28.3 Å². The van der Waals surface area contributed by atoms with Crippen LogP contribution < -0.4 is 10.5 Å². The predicted octanol–water partition coefficient (Wildman–Crippen LogP) is 0.696. The highest BCUT2D eigenvalue weighted by Crippen LogP contribution is 2.25. The van der Waals surface area contributed by atoms with Gasteiger partial charge in [0.2, 0.25) is 10.0 Å². The zero-order valence-corrected chi connectivity index (χ0v) is 15.9.